The third-order valence-corrected chi connectivity index (χ3v) is 5.08. The molecule has 4 rings (SSSR count). The maximum atomic E-state index is 4.83. The number of aromatic nitrogens is 3. The van der Waals surface area contributed by atoms with Crippen LogP contribution in [0.4, 0.5) is 0 Å². The molecule has 3 aromatic heterocycles. The van der Waals surface area contributed by atoms with Gasteiger partial charge in [-0.3, -0.25) is 9.38 Å². The summed E-state index contributed by atoms with van der Waals surface area (Å²) in [6.45, 7) is 0. The molecule has 0 saturated carbocycles. The molecular weight excluding hydrogens is 310 g/mol. The number of pyridine rings is 1. The second-order valence-electron chi connectivity index (χ2n) is 4.83. The minimum absolute atomic E-state index is 1.01. The molecule has 0 N–H and O–H groups in total. The number of benzene rings is 1. The zero-order valence-corrected chi connectivity index (χ0v) is 13.6. The van der Waals surface area contributed by atoms with Crippen molar-refractivity contribution in [1.82, 2.24) is 14.4 Å². The molecular formula is C17H13N3S2. The summed E-state index contributed by atoms with van der Waals surface area (Å²) in [5, 5.41) is 2.06. The minimum atomic E-state index is 1.01. The lowest BCUT2D eigenvalue weighted by Crippen LogP contribution is -1.88. The van der Waals surface area contributed by atoms with E-state index >= 15 is 0 Å². The molecule has 0 aliphatic heterocycles. The SMILES string of the molecule is CSc1ccc(-c2nc3sccn3c2-c2ccncc2)cc1. The number of hydrogen-bond acceptors (Lipinski definition) is 4. The van der Waals surface area contributed by atoms with Crippen molar-refractivity contribution in [1.29, 1.82) is 0 Å². The molecule has 0 aliphatic carbocycles. The van der Waals surface area contributed by atoms with E-state index in [2.05, 4.69) is 51.5 Å². The Morgan fingerprint density at radius 1 is 1.00 bits per heavy atom. The smallest absolute Gasteiger partial charge is 0.194 e. The topological polar surface area (TPSA) is 30.2 Å². The summed E-state index contributed by atoms with van der Waals surface area (Å²) < 4.78 is 2.15. The molecule has 3 nitrogen and oxygen atoms in total. The summed E-state index contributed by atoms with van der Waals surface area (Å²) in [6, 6.07) is 12.6. The number of imidazole rings is 1. The van der Waals surface area contributed by atoms with Crippen molar-refractivity contribution in [3.63, 3.8) is 0 Å². The summed E-state index contributed by atoms with van der Waals surface area (Å²) in [6.07, 6.45) is 7.80. The van der Waals surface area contributed by atoms with E-state index in [1.165, 1.54) is 4.90 Å². The van der Waals surface area contributed by atoms with Gasteiger partial charge in [-0.1, -0.05) is 12.1 Å². The molecule has 0 saturated heterocycles. The highest BCUT2D eigenvalue weighted by Gasteiger charge is 2.16. The Balaban J connectivity index is 1.95. The lowest BCUT2D eigenvalue weighted by Gasteiger charge is -2.05. The summed E-state index contributed by atoms with van der Waals surface area (Å²) in [4.78, 5) is 11.2. The quantitative estimate of drug-likeness (QED) is 0.505. The number of hydrogen-bond donors (Lipinski definition) is 0. The molecule has 0 atom stereocenters. The van der Waals surface area contributed by atoms with Crippen LogP contribution in [0.3, 0.4) is 0 Å². The van der Waals surface area contributed by atoms with Crippen LogP contribution in [0.1, 0.15) is 0 Å². The van der Waals surface area contributed by atoms with Gasteiger partial charge >= 0.3 is 0 Å². The van der Waals surface area contributed by atoms with Crippen LogP contribution in [0.15, 0.2) is 65.3 Å². The van der Waals surface area contributed by atoms with E-state index in [1.807, 2.05) is 24.5 Å². The van der Waals surface area contributed by atoms with E-state index < -0.39 is 0 Å². The first-order valence-corrected chi connectivity index (χ1v) is 8.97. The number of thiazole rings is 1. The van der Waals surface area contributed by atoms with Gasteiger partial charge in [0.2, 0.25) is 0 Å². The standard InChI is InChI=1S/C17H13N3S2/c1-21-14-4-2-12(3-5-14)15-16(13-6-8-18-9-7-13)20-10-11-22-17(20)19-15/h2-11H,1H3. The van der Waals surface area contributed by atoms with E-state index in [0.29, 0.717) is 0 Å². The maximum Gasteiger partial charge on any atom is 0.194 e. The van der Waals surface area contributed by atoms with Gasteiger partial charge in [-0.05, 0) is 30.5 Å². The second kappa shape index (κ2) is 5.59. The van der Waals surface area contributed by atoms with Crippen molar-refractivity contribution < 1.29 is 0 Å². The van der Waals surface area contributed by atoms with Gasteiger partial charge in [0.05, 0.1) is 11.4 Å². The van der Waals surface area contributed by atoms with Crippen molar-refractivity contribution in [2.45, 2.75) is 4.90 Å². The van der Waals surface area contributed by atoms with Gasteiger partial charge in [0.15, 0.2) is 4.96 Å². The molecule has 0 amide bonds. The first-order chi connectivity index (χ1) is 10.9. The average molecular weight is 323 g/mol. The van der Waals surface area contributed by atoms with Crippen molar-refractivity contribution in [3.8, 4) is 22.5 Å². The zero-order chi connectivity index (χ0) is 14.9. The number of fused-ring (bicyclic) bond motifs is 1. The molecule has 0 radical (unpaired) electrons. The van der Waals surface area contributed by atoms with Crippen LogP contribution in [0, 0.1) is 0 Å². The van der Waals surface area contributed by atoms with Crippen LogP contribution in [-0.4, -0.2) is 20.6 Å². The summed E-state index contributed by atoms with van der Waals surface area (Å²) in [7, 11) is 0. The fraction of sp³-hybridized carbons (Fsp3) is 0.0588. The Morgan fingerprint density at radius 3 is 2.50 bits per heavy atom. The molecule has 0 aliphatic rings. The normalized spacial score (nSPS) is 11.1. The Kier molecular flexibility index (Phi) is 3.44. The molecule has 0 unspecified atom stereocenters. The van der Waals surface area contributed by atoms with Crippen LogP contribution in [0.25, 0.3) is 27.5 Å². The van der Waals surface area contributed by atoms with E-state index in [-0.39, 0.29) is 0 Å². The molecule has 4 aromatic rings. The van der Waals surface area contributed by atoms with Crippen LogP contribution < -0.4 is 0 Å². The third kappa shape index (κ3) is 2.23. The van der Waals surface area contributed by atoms with Gasteiger partial charge < -0.3 is 0 Å². The van der Waals surface area contributed by atoms with Gasteiger partial charge in [-0.25, -0.2) is 4.98 Å². The van der Waals surface area contributed by atoms with Gasteiger partial charge in [0.1, 0.15) is 0 Å². The first-order valence-electron chi connectivity index (χ1n) is 6.87. The lowest BCUT2D eigenvalue weighted by molar-refractivity contribution is 1.23. The van der Waals surface area contributed by atoms with Crippen molar-refractivity contribution >= 4 is 28.1 Å². The Hall–Kier alpha value is -2.11. The molecule has 3 heterocycles. The minimum Gasteiger partial charge on any atom is -0.290 e. The molecule has 0 fully saturated rings. The van der Waals surface area contributed by atoms with Crippen molar-refractivity contribution in [3.05, 3.63) is 60.4 Å². The fourth-order valence-electron chi connectivity index (χ4n) is 2.52. The zero-order valence-electron chi connectivity index (χ0n) is 11.9. The van der Waals surface area contributed by atoms with Crippen LogP contribution in [0.5, 0.6) is 0 Å². The molecule has 108 valence electrons. The van der Waals surface area contributed by atoms with Crippen molar-refractivity contribution in [2.75, 3.05) is 6.26 Å². The Morgan fingerprint density at radius 2 is 1.77 bits per heavy atom. The summed E-state index contributed by atoms with van der Waals surface area (Å²) in [5.74, 6) is 0. The second-order valence-corrected chi connectivity index (χ2v) is 6.58. The van der Waals surface area contributed by atoms with Gasteiger partial charge in [-0.15, -0.1) is 23.1 Å². The molecule has 5 heteroatoms. The highest BCUT2D eigenvalue weighted by Crippen LogP contribution is 2.34. The summed E-state index contributed by atoms with van der Waals surface area (Å²) >= 11 is 3.40. The van der Waals surface area contributed by atoms with E-state index in [4.69, 9.17) is 4.98 Å². The first kappa shape index (κ1) is 13.5. The van der Waals surface area contributed by atoms with Crippen LogP contribution >= 0.6 is 23.1 Å². The highest BCUT2D eigenvalue weighted by molar-refractivity contribution is 7.98. The van der Waals surface area contributed by atoms with Gasteiger partial charge in [-0.2, -0.15) is 0 Å². The maximum absolute atomic E-state index is 4.83. The number of thioether (sulfide) groups is 1. The molecule has 22 heavy (non-hydrogen) atoms. The average Bonchev–Trinajstić information content (AvgIpc) is 3.16. The molecule has 0 bridgehead atoms. The lowest BCUT2D eigenvalue weighted by atomic mass is 10.1. The summed E-state index contributed by atoms with van der Waals surface area (Å²) in [5.41, 5.74) is 4.41. The fourth-order valence-corrected chi connectivity index (χ4v) is 3.64. The van der Waals surface area contributed by atoms with E-state index in [9.17, 15) is 0 Å². The van der Waals surface area contributed by atoms with Crippen LogP contribution in [0.2, 0.25) is 0 Å². The predicted molar refractivity (Wildman–Crippen MR) is 93.5 cm³/mol. The number of nitrogens with zero attached hydrogens (tertiary/aromatic N) is 3. The Labute approximate surface area is 136 Å². The third-order valence-electron chi connectivity index (χ3n) is 3.58. The van der Waals surface area contributed by atoms with E-state index in [0.717, 1.165) is 27.5 Å². The van der Waals surface area contributed by atoms with Crippen molar-refractivity contribution in [2.24, 2.45) is 0 Å². The number of rotatable bonds is 3. The highest BCUT2D eigenvalue weighted by atomic mass is 32.2. The van der Waals surface area contributed by atoms with Gasteiger partial charge in [0.25, 0.3) is 0 Å². The monoisotopic (exact) mass is 323 g/mol. The molecule has 1 aromatic carbocycles. The largest absolute Gasteiger partial charge is 0.290 e. The van der Waals surface area contributed by atoms with Crippen LogP contribution in [-0.2, 0) is 0 Å². The Bertz CT molecular complexity index is 908. The predicted octanol–water partition coefficient (Wildman–Crippen LogP) is 4.85. The van der Waals surface area contributed by atoms with E-state index in [1.54, 1.807) is 23.1 Å². The van der Waals surface area contributed by atoms with Gasteiger partial charge in [0, 0.05) is 40.0 Å². The molecule has 0 spiro atoms.